The van der Waals surface area contributed by atoms with Crippen molar-refractivity contribution in [2.45, 2.75) is 31.1 Å². The first-order valence-corrected chi connectivity index (χ1v) is 10.3. The molecule has 0 radical (unpaired) electrons. The zero-order chi connectivity index (χ0) is 23.2. The van der Waals surface area contributed by atoms with Crippen LogP contribution in [0.4, 0.5) is 0 Å². The number of phenolic OH excluding ortho intramolecular Hbond substituents is 1. The van der Waals surface area contributed by atoms with Gasteiger partial charge in [-0.2, -0.15) is 0 Å². The van der Waals surface area contributed by atoms with E-state index in [4.69, 9.17) is 14.0 Å². The summed E-state index contributed by atoms with van der Waals surface area (Å²) < 4.78 is 17.7. The molecular formula is C23H17NO9. The van der Waals surface area contributed by atoms with Crippen LogP contribution in [0.15, 0.2) is 33.6 Å². The molecule has 10 heteroatoms. The Hall–Kier alpha value is -3.92. The second-order valence-corrected chi connectivity index (χ2v) is 8.46. The van der Waals surface area contributed by atoms with Gasteiger partial charge in [-0.3, -0.25) is 9.59 Å². The van der Waals surface area contributed by atoms with Crippen molar-refractivity contribution in [3.63, 3.8) is 0 Å². The summed E-state index contributed by atoms with van der Waals surface area (Å²) in [4.78, 5) is 51.6. The standard InChI is InChI=1S/C23H17NO9/c1-31-22(30)23-14(27)6-5-12(25)17(23)19(28)16-13(26)7-9-8-24-18-10(15(9)20(16)32-23)3-2-4-11(18)21(29)33-24/h2-4,7,14,17,26-27H,5-6,8H2,1H3/t14-,17?,23+/m0/s1. The lowest BCUT2D eigenvalue weighted by molar-refractivity contribution is -0.185. The number of hydrogen-bond acceptors (Lipinski definition) is 9. The molecule has 1 saturated carbocycles. The van der Waals surface area contributed by atoms with Crippen LogP contribution in [-0.4, -0.2) is 51.3 Å². The van der Waals surface area contributed by atoms with Crippen molar-refractivity contribution in [1.29, 1.82) is 0 Å². The van der Waals surface area contributed by atoms with Gasteiger partial charge in [-0.05, 0) is 24.1 Å². The van der Waals surface area contributed by atoms with Gasteiger partial charge in [0.25, 0.3) is 0 Å². The van der Waals surface area contributed by atoms with Gasteiger partial charge in [0, 0.05) is 17.5 Å². The Balaban J connectivity index is 1.71. The van der Waals surface area contributed by atoms with Gasteiger partial charge < -0.3 is 24.2 Å². The van der Waals surface area contributed by atoms with E-state index >= 15 is 0 Å². The van der Waals surface area contributed by atoms with Crippen LogP contribution in [0.25, 0.3) is 22.0 Å². The molecule has 3 atom stereocenters. The summed E-state index contributed by atoms with van der Waals surface area (Å²) in [7, 11) is 1.08. The number of para-hydroxylation sites is 1. The van der Waals surface area contributed by atoms with E-state index in [1.54, 1.807) is 18.2 Å². The number of esters is 1. The van der Waals surface area contributed by atoms with Crippen LogP contribution in [0.2, 0.25) is 0 Å². The number of carbonyl (C=O) groups is 3. The largest absolute Gasteiger partial charge is 0.507 e. The van der Waals surface area contributed by atoms with Crippen LogP contribution in [0.1, 0.15) is 28.8 Å². The first-order chi connectivity index (χ1) is 15.8. The van der Waals surface area contributed by atoms with Crippen LogP contribution >= 0.6 is 0 Å². The molecule has 6 rings (SSSR count). The number of Topliss-reactive ketones (excluding diaryl/α,β-unsaturated/α-hetero) is 2. The fourth-order valence-electron chi connectivity index (χ4n) is 5.40. The Morgan fingerprint density at radius 1 is 1.24 bits per heavy atom. The maximum absolute atomic E-state index is 13.6. The highest BCUT2D eigenvalue weighted by atomic mass is 16.6. The number of aliphatic hydroxyl groups is 1. The van der Waals surface area contributed by atoms with Gasteiger partial charge in [-0.15, -0.1) is 0 Å². The third-order valence-electron chi connectivity index (χ3n) is 6.82. The summed E-state index contributed by atoms with van der Waals surface area (Å²) in [6, 6.07) is 6.28. The van der Waals surface area contributed by atoms with Gasteiger partial charge in [0.15, 0.2) is 5.78 Å². The van der Waals surface area contributed by atoms with E-state index in [2.05, 4.69) is 0 Å². The molecule has 3 aromatic rings. The van der Waals surface area contributed by atoms with Gasteiger partial charge >= 0.3 is 11.6 Å². The minimum Gasteiger partial charge on any atom is -0.507 e. The third kappa shape index (κ3) is 2.25. The van der Waals surface area contributed by atoms with Crippen molar-refractivity contribution in [3.05, 3.63) is 45.8 Å². The molecule has 1 unspecified atom stereocenters. The maximum atomic E-state index is 13.6. The second kappa shape index (κ2) is 6.32. The van der Waals surface area contributed by atoms with Crippen LogP contribution in [0.3, 0.4) is 0 Å². The summed E-state index contributed by atoms with van der Waals surface area (Å²) in [6.07, 6.45) is -1.71. The number of aromatic hydroxyl groups is 1. The topological polar surface area (TPSA) is 145 Å². The number of nitrogens with zero attached hydrogens (tertiary/aromatic N) is 1. The van der Waals surface area contributed by atoms with Gasteiger partial charge in [0.05, 0.1) is 24.6 Å². The molecule has 3 aliphatic rings. The quantitative estimate of drug-likeness (QED) is 0.321. The van der Waals surface area contributed by atoms with E-state index in [1.165, 1.54) is 10.8 Å². The van der Waals surface area contributed by atoms with Crippen LogP contribution in [-0.2, 0) is 20.9 Å². The Morgan fingerprint density at radius 3 is 2.79 bits per heavy atom. The predicted molar refractivity (Wildman–Crippen MR) is 110 cm³/mol. The molecule has 2 aromatic carbocycles. The smallest absolute Gasteiger partial charge is 0.365 e. The van der Waals surface area contributed by atoms with Crippen molar-refractivity contribution in [1.82, 2.24) is 4.74 Å². The summed E-state index contributed by atoms with van der Waals surface area (Å²) in [6.45, 7) is 0.0552. The van der Waals surface area contributed by atoms with Gasteiger partial charge in [-0.1, -0.05) is 12.1 Å². The monoisotopic (exact) mass is 451 g/mol. The number of ether oxygens (including phenoxy) is 2. The number of phenols is 1. The summed E-state index contributed by atoms with van der Waals surface area (Å²) in [5.74, 6) is -4.70. The average Bonchev–Trinajstić information content (AvgIpc) is 3.11. The first kappa shape index (κ1) is 19.7. The number of carbonyl (C=O) groups excluding carboxylic acids is 3. The van der Waals surface area contributed by atoms with E-state index < -0.39 is 46.5 Å². The van der Waals surface area contributed by atoms with Crippen LogP contribution in [0, 0.1) is 5.92 Å². The lowest BCUT2D eigenvalue weighted by Crippen LogP contribution is -2.68. The lowest BCUT2D eigenvalue weighted by atomic mass is 9.67. The zero-order valence-electron chi connectivity index (χ0n) is 17.3. The zero-order valence-corrected chi connectivity index (χ0v) is 17.3. The Kier molecular flexibility index (Phi) is 3.78. The normalized spacial score (nSPS) is 25.2. The molecule has 168 valence electrons. The molecule has 0 amide bonds. The lowest BCUT2D eigenvalue weighted by Gasteiger charge is -2.46. The SMILES string of the molecule is COC(=O)[C@]12Oc3c(c(O)cc4c3-c3cccc5c(=O)on(c35)C4)C(=O)C1C(=O)CC[C@@H]2O. The van der Waals surface area contributed by atoms with E-state index in [9.17, 15) is 29.4 Å². The molecule has 1 aliphatic carbocycles. The fourth-order valence-corrected chi connectivity index (χ4v) is 5.40. The van der Waals surface area contributed by atoms with E-state index in [0.717, 1.165) is 7.11 Å². The molecule has 2 aliphatic heterocycles. The van der Waals surface area contributed by atoms with Crippen molar-refractivity contribution < 1.29 is 38.6 Å². The minimum atomic E-state index is -2.28. The molecule has 2 N–H and O–H groups in total. The average molecular weight is 451 g/mol. The van der Waals surface area contributed by atoms with E-state index in [0.29, 0.717) is 27.6 Å². The highest BCUT2D eigenvalue weighted by Crippen LogP contribution is 2.53. The highest BCUT2D eigenvalue weighted by Gasteiger charge is 2.66. The molecule has 0 spiro atoms. The molecule has 10 nitrogen and oxygen atoms in total. The molecule has 33 heavy (non-hydrogen) atoms. The molecule has 3 heterocycles. The van der Waals surface area contributed by atoms with Gasteiger partial charge in [-0.25, -0.2) is 14.3 Å². The summed E-state index contributed by atoms with van der Waals surface area (Å²) >= 11 is 0. The van der Waals surface area contributed by atoms with Crippen molar-refractivity contribution in [2.24, 2.45) is 5.92 Å². The number of ketones is 2. The Morgan fingerprint density at radius 2 is 2.03 bits per heavy atom. The summed E-state index contributed by atoms with van der Waals surface area (Å²) in [5.41, 5.74) is -1.29. The molecule has 0 saturated heterocycles. The number of benzene rings is 2. The molecular weight excluding hydrogens is 434 g/mol. The van der Waals surface area contributed by atoms with Crippen LogP contribution < -0.4 is 10.4 Å². The predicted octanol–water partition coefficient (Wildman–Crippen LogP) is 1.16. The fraction of sp³-hybridized carbons (Fsp3) is 0.304. The number of aliphatic hydroxyl groups excluding tert-OH is 1. The van der Waals surface area contributed by atoms with E-state index in [-0.39, 0.29) is 30.7 Å². The van der Waals surface area contributed by atoms with Crippen molar-refractivity contribution >= 4 is 28.4 Å². The number of aromatic nitrogens is 1. The summed E-state index contributed by atoms with van der Waals surface area (Å²) in [5, 5.41) is 21.9. The van der Waals surface area contributed by atoms with Crippen molar-refractivity contribution in [3.8, 4) is 22.6 Å². The minimum absolute atomic E-state index is 0.0552. The number of fused-ring (bicyclic) bond motifs is 5. The molecule has 1 aromatic heterocycles. The molecule has 0 bridgehead atoms. The van der Waals surface area contributed by atoms with Gasteiger partial charge in [0.2, 0.25) is 5.60 Å². The number of methoxy groups -OCH3 is 1. The highest BCUT2D eigenvalue weighted by molar-refractivity contribution is 6.20. The third-order valence-corrected chi connectivity index (χ3v) is 6.82. The van der Waals surface area contributed by atoms with Crippen LogP contribution in [0.5, 0.6) is 11.5 Å². The first-order valence-electron chi connectivity index (χ1n) is 10.3. The maximum Gasteiger partial charge on any atom is 0.365 e. The van der Waals surface area contributed by atoms with Crippen molar-refractivity contribution in [2.75, 3.05) is 7.11 Å². The second-order valence-electron chi connectivity index (χ2n) is 8.46. The van der Waals surface area contributed by atoms with E-state index in [1.807, 2.05) is 0 Å². The Bertz CT molecular complexity index is 1480. The molecule has 1 fully saturated rings. The van der Waals surface area contributed by atoms with Gasteiger partial charge in [0.1, 0.15) is 34.9 Å². The number of rotatable bonds is 1. The Labute approximate surface area is 184 Å². The number of hydrogen-bond donors (Lipinski definition) is 2.